The van der Waals surface area contributed by atoms with Gasteiger partial charge in [0.1, 0.15) is 5.52 Å². The van der Waals surface area contributed by atoms with E-state index in [1.165, 1.54) is 10.8 Å². The number of fused-ring (bicyclic) bond motifs is 1. The van der Waals surface area contributed by atoms with Crippen LogP contribution < -0.4 is 16.7 Å². The van der Waals surface area contributed by atoms with Crippen molar-refractivity contribution in [2.45, 2.75) is 19.6 Å². The van der Waals surface area contributed by atoms with Gasteiger partial charge in [0.2, 0.25) is 5.95 Å². The van der Waals surface area contributed by atoms with Gasteiger partial charge < -0.3 is 21.1 Å². The fourth-order valence-corrected chi connectivity index (χ4v) is 2.78. The maximum atomic E-state index is 12.3. The molecule has 1 atom stereocenters. The minimum absolute atomic E-state index is 0.135. The molecule has 3 aromatic rings. The molecule has 0 radical (unpaired) electrons. The second-order valence-corrected chi connectivity index (χ2v) is 6.16. The summed E-state index contributed by atoms with van der Waals surface area (Å²) in [6.45, 7) is 2.60. The monoisotopic (exact) mass is 362 g/mol. The van der Waals surface area contributed by atoms with E-state index >= 15 is 0 Å². The van der Waals surface area contributed by atoms with Crippen LogP contribution in [-0.2, 0) is 6.54 Å². The first-order valence-electron chi connectivity index (χ1n) is 7.81. The van der Waals surface area contributed by atoms with Gasteiger partial charge in [0.25, 0.3) is 0 Å². The van der Waals surface area contributed by atoms with Crippen LogP contribution in [0.4, 0.5) is 5.95 Å². The highest BCUT2D eigenvalue weighted by Crippen LogP contribution is 2.21. The third-order valence-corrected chi connectivity index (χ3v) is 4.30. The highest BCUT2D eigenvalue weighted by atomic mass is 35.5. The lowest BCUT2D eigenvalue weighted by Gasteiger charge is -2.10. The van der Waals surface area contributed by atoms with Crippen molar-refractivity contribution >= 4 is 28.7 Å². The first-order valence-corrected chi connectivity index (χ1v) is 8.19. The summed E-state index contributed by atoms with van der Waals surface area (Å²) in [5.41, 5.74) is 7.93. The van der Waals surface area contributed by atoms with Crippen LogP contribution in [0.3, 0.4) is 0 Å². The molecule has 132 valence electrons. The van der Waals surface area contributed by atoms with Gasteiger partial charge in [0, 0.05) is 18.1 Å². The van der Waals surface area contributed by atoms with E-state index in [1.807, 2.05) is 19.1 Å². The summed E-state index contributed by atoms with van der Waals surface area (Å²) in [7, 11) is 0. The van der Waals surface area contributed by atoms with Gasteiger partial charge in [-0.05, 0) is 24.1 Å². The van der Waals surface area contributed by atoms with Crippen LogP contribution in [0.25, 0.3) is 11.2 Å². The predicted octanol–water partition coefficient (Wildman–Crippen LogP) is 0.861. The fourth-order valence-electron chi connectivity index (χ4n) is 2.49. The van der Waals surface area contributed by atoms with Gasteiger partial charge in [0.15, 0.2) is 5.65 Å². The van der Waals surface area contributed by atoms with E-state index in [9.17, 15) is 9.90 Å². The second-order valence-electron chi connectivity index (χ2n) is 5.75. The number of aryl methyl sites for hydroxylation is 1. The molecule has 0 fully saturated rings. The van der Waals surface area contributed by atoms with Crippen LogP contribution in [0.1, 0.15) is 11.1 Å². The zero-order valence-electron chi connectivity index (χ0n) is 13.7. The maximum Gasteiger partial charge on any atom is 0.328 e. The van der Waals surface area contributed by atoms with E-state index in [0.717, 1.165) is 11.1 Å². The van der Waals surface area contributed by atoms with Gasteiger partial charge in [-0.2, -0.15) is 4.98 Å². The molecule has 2 aromatic heterocycles. The molecule has 8 nitrogen and oxygen atoms in total. The van der Waals surface area contributed by atoms with Gasteiger partial charge in [-0.3, -0.25) is 4.57 Å². The molecular weight excluding hydrogens is 344 g/mol. The zero-order valence-corrected chi connectivity index (χ0v) is 14.4. The van der Waals surface area contributed by atoms with E-state index in [-0.39, 0.29) is 18.8 Å². The first kappa shape index (κ1) is 17.4. The summed E-state index contributed by atoms with van der Waals surface area (Å²) in [5, 5.41) is 13.0. The molecule has 0 aliphatic heterocycles. The Morgan fingerprint density at radius 3 is 3.00 bits per heavy atom. The Balaban J connectivity index is 1.97. The van der Waals surface area contributed by atoms with Gasteiger partial charge >= 0.3 is 5.69 Å². The molecule has 1 unspecified atom stereocenters. The lowest BCUT2D eigenvalue weighted by atomic mass is 10.1. The number of imidazole rings is 1. The summed E-state index contributed by atoms with van der Waals surface area (Å²) < 4.78 is 1.51. The zero-order chi connectivity index (χ0) is 18.0. The highest BCUT2D eigenvalue weighted by Gasteiger charge is 2.13. The van der Waals surface area contributed by atoms with Crippen LogP contribution in [0.2, 0.25) is 5.02 Å². The van der Waals surface area contributed by atoms with Gasteiger partial charge in [-0.15, -0.1) is 0 Å². The number of aromatic amines is 1. The van der Waals surface area contributed by atoms with E-state index in [2.05, 4.69) is 20.3 Å². The summed E-state index contributed by atoms with van der Waals surface area (Å²) >= 11 is 6.27. The van der Waals surface area contributed by atoms with E-state index in [0.29, 0.717) is 28.7 Å². The van der Waals surface area contributed by atoms with Crippen molar-refractivity contribution in [3.05, 3.63) is 51.0 Å². The SMILES string of the molecule is Cc1cccc(Cl)c1Cn1c(=O)[nH]c2cnc(NCC(O)CN)nc21. The largest absolute Gasteiger partial charge is 0.390 e. The number of rotatable bonds is 6. The molecule has 0 aliphatic carbocycles. The molecular formula is C16H19ClN6O2. The fraction of sp³-hybridized carbons (Fsp3) is 0.312. The van der Waals surface area contributed by atoms with Gasteiger partial charge in [0.05, 0.1) is 18.8 Å². The second kappa shape index (κ2) is 7.22. The molecule has 0 amide bonds. The number of nitrogens with two attached hydrogens (primary N) is 1. The number of aliphatic hydroxyl groups excluding tert-OH is 1. The molecule has 0 saturated heterocycles. The van der Waals surface area contributed by atoms with E-state index in [1.54, 1.807) is 6.07 Å². The van der Waals surface area contributed by atoms with Gasteiger partial charge in [-0.1, -0.05) is 23.7 Å². The predicted molar refractivity (Wildman–Crippen MR) is 97.0 cm³/mol. The van der Waals surface area contributed by atoms with Crippen molar-refractivity contribution in [2.24, 2.45) is 5.73 Å². The number of halogens is 1. The average molecular weight is 363 g/mol. The van der Waals surface area contributed by atoms with Crippen LogP contribution in [0.15, 0.2) is 29.2 Å². The van der Waals surface area contributed by atoms with Crippen molar-refractivity contribution in [1.29, 1.82) is 0 Å². The molecule has 25 heavy (non-hydrogen) atoms. The normalized spacial score (nSPS) is 12.5. The molecule has 0 saturated carbocycles. The Bertz CT molecular complexity index is 931. The number of anilines is 1. The minimum atomic E-state index is -0.696. The highest BCUT2D eigenvalue weighted by molar-refractivity contribution is 6.31. The van der Waals surface area contributed by atoms with Crippen LogP contribution in [0, 0.1) is 6.92 Å². The van der Waals surface area contributed by atoms with E-state index in [4.69, 9.17) is 17.3 Å². The summed E-state index contributed by atoms with van der Waals surface area (Å²) in [6, 6.07) is 5.60. The lowest BCUT2D eigenvalue weighted by molar-refractivity contribution is 0.196. The molecule has 0 bridgehead atoms. The molecule has 5 N–H and O–H groups in total. The van der Waals surface area contributed by atoms with Crippen LogP contribution in [0.5, 0.6) is 0 Å². The maximum absolute atomic E-state index is 12.3. The molecule has 2 heterocycles. The third kappa shape index (κ3) is 3.65. The van der Waals surface area contributed by atoms with Crippen molar-refractivity contribution < 1.29 is 5.11 Å². The standard InChI is InChI=1S/C16H19ClN6O2/c1-9-3-2-4-12(17)11(9)8-23-14-13(21-16(23)25)7-20-15(22-14)19-6-10(24)5-18/h2-4,7,10,24H,5-6,8,18H2,1H3,(H,21,25)(H,19,20,22). The number of benzene rings is 1. The Hall–Kier alpha value is -2.42. The number of hydrogen-bond acceptors (Lipinski definition) is 6. The van der Waals surface area contributed by atoms with Crippen molar-refractivity contribution in [3.8, 4) is 0 Å². The third-order valence-electron chi connectivity index (χ3n) is 3.95. The number of nitrogens with one attached hydrogen (secondary N) is 2. The van der Waals surface area contributed by atoms with Gasteiger partial charge in [-0.25, -0.2) is 9.78 Å². The Morgan fingerprint density at radius 2 is 2.28 bits per heavy atom. The molecule has 9 heteroatoms. The number of aliphatic hydroxyl groups is 1. The summed E-state index contributed by atoms with van der Waals surface area (Å²) in [4.78, 5) is 23.5. The van der Waals surface area contributed by atoms with Crippen molar-refractivity contribution in [1.82, 2.24) is 19.5 Å². The summed E-state index contributed by atoms with van der Waals surface area (Å²) in [5.74, 6) is 0.309. The topological polar surface area (TPSA) is 122 Å². The van der Waals surface area contributed by atoms with Crippen molar-refractivity contribution in [2.75, 3.05) is 18.4 Å². The van der Waals surface area contributed by atoms with Crippen LogP contribution >= 0.6 is 11.6 Å². The van der Waals surface area contributed by atoms with Crippen molar-refractivity contribution in [3.63, 3.8) is 0 Å². The number of hydrogen-bond donors (Lipinski definition) is 4. The number of aromatic nitrogens is 4. The lowest BCUT2D eigenvalue weighted by Crippen LogP contribution is -2.28. The number of H-pyrrole nitrogens is 1. The Morgan fingerprint density at radius 1 is 1.48 bits per heavy atom. The minimum Gasteiger partial charge on any atom is -0.390 e. The molecule has 0 aliphatic rings. The Labute approximate surface area is 148 Å². The number of nitrogens with zero attached hydrogens (tertiary/aromatic N) is 3. The molecule has 1 aromatic carbocycles. The van der Waals surface area contributed by atoms with E-state index < -0.39 is 6.10 Å². The molecule has 0 spiro atoms. The molecule has 3 rings (SSSR count). The summed E-state index contributed by atoms with van der Waals surface area (Å²) in [6.07, 6.45) is 0.829. The quantitative estimate of drug-likeness (QED) is 0.516. The first-order chi connectivity index (χ1) is 12.0. The van der Waals surface area contributed by atoms with Crippen LogP contribution in [-0.4, -0.2) is 43.8 Å². The smallest absolute Gasteiger partial charge is 0.328 e. The average Bonchev–Trinajstić information content (AvgIpc) is 2.90. The Kier molecular flexibility index (Phi) is 5.03.